The summed E-state index contributed by atoms with van der Waals surface area (Å²) in [5.41, 5.74) is 2.51. The SMILES string of the molecule is COCCNCC(=O)N1CCCC(C)C1c1ccc(C)cc1. The standard InChI is InChI=1S/C18H28N2O2/c1-14-6-8-16(9-7-14)18-15(2)5-4-11-20(18)17(21)13-19-10-12-22-3/h6-9,15,18-19H,4-5,10-13H2,1-3H3. The Balaban J connectivity index is 2.06. The van der Waals surface area contributed by atoms with Crippen molar-refractivity contribution >= 4 is 5.91 Å². The summed E-state index contributed by atoms with van der Waals surface area (Å²) in [7, 11) is 1.67. The van der Waals surface area contributed by atoms with Gasteiger partial charge in [0, 0.05) is 20.2 Å². The zero-order valence-electron chi connectivity index (χ0n) is 14.0. The highest BCUT2D eigenvalue weighted by Crippen LogP contribution is 2.35. The van der Waals surface area contributed by atoms with Crippen molar-refractivity contribution < 1.29 is 9.53 Å². The van der Waals surface area contributed by atoms with Gasteiger partial charge in [-0.05, 0) is 31.2 Å². The lowest BCUT2D eigenvalue weighted by atomic mass is 9.85. The molecule has 0 aromatic heterocycles. The number of aryl methyl sites for hydroxylation is 1. The van der Waals surface area contributed by atoms with Crippen LogP contribution in [0.5, 0.6) is 0 Å². The van der Waals surface area contributed by atoms with Crippen molar-refractivity contribution in [2.75, 3.05) is 33.4 Å². The molecule has 1 aliphatic rings. The molecule has 1 saturated heterocycles. The maximum absolute atomic E-state index is 12.6. The van der Waals surface area contributed by atoms with Crippen LogP contribution >= 0.6 is 0 Å². The minimum Gasteiger partial charge on any atom is -0.383 e. The number of nitrogens with zero attached hydrogens (tertiary/aromatic N) is 1. The normalized spacial score (nSPS) is 21.9. The van der Waals surface area contributed by atoms with E-state index < -0.39 is 0 Å². The number of hydrogen-bond donors (Lipinski definition) is 1. The highest BCUT2D eigenvalue weighted by Gasteiger charge is 2.32. The number of benzene rings is 1. The molecule has 1 aromatic carbocycles. The van der Waals surface area contributed by atoms with Crippen LogP contribution in [0, 0.1) is 12.8 Å². The molecule has 1 amide bonds. The summed E-state index contributed by atoms with van der Waals surface area (Å²) in [5.74, 6) is 0.688. The van der Waals surface area contributed by atoms with Gasteiger partial charge in [-0.1, -0.05) is 36.8 Å². The summed E-state index contributed by atoms with van der Waals surface area (Å²) in [6.45, 7) is 6.93. The Bertz CT molecular complexity index is 472. The Hall–Kier alpha value is -1.39. The molecule has 2 unspecified atom stereocenters. The number of hydrogen-bond acceptors (Lipinski definition) is 3. The van der Waals surface area contributed by atoms with Crippen molar-refractivity contribution in [3.63, 3.8) is 0 Å². The lowest BCUT2D eigenvalue weighted by molar-refractivity contribution is -0.135. The van der Waals surface area contributed by atoms with Crippen LogP contribution in [0.2, 0.25) is 0 Å². The van der Waals surface area contributed by atoms with E-state index in [1.54, 1.807) is 7.11 Å². The molecular formula is C18H28N2O2. The van der Waals surface area contributed by atoms with Crippen LogP contribution in [0.15, 0.2) is 24.3 Å². The first-order chi connectivity index (χ1) is 10.6. The van der Waals surface area contributed by atoms with Crippen LogP contribution in [0.25, 0.3) is 0 Å². The monoisotopic (exact) mass is 304 g/mol. The second-order valence-electron chi connectivity index (χ2n) is 6.23. The van der Waals surface area contributed by atoms with Gasteiger partial charge < -0.3 is 15.0 Å². The van der Waals surface area contributed by atoms with Crippen LogP contribution in [0.3, 0.4) is 0 Å². The van der Waals surface area contributed by atoms with Gasteiger partial charge in [-0.15, -0.1) is 0 Å². The van der Waals surface area contributed by atoms with Crippen LogP contribution < -0.4 is 5.32 Å². The third kappa shape index (κ3) is 4.31. The maximum Gasteiger partial charge on any atom is 0.237 e. The van der Waals surface area contributed by atoms with E-state index in [1.165, 1.54) is 17.5 Å². The average Bonchev–Trinajstić information content (AvgIpc) is 2.52. The molecule has 2 rings (SSSR count). The number of methoxy groups -OCH3 is 1. The highest BCUT2D eigenvalue weighted by atomic mass is 16.5. The molecule has 0 saturated carbocycles. The van der Waals surface area contributed by atoms with Crippen LogP contribution in [0.1, 0.15) is 36.9 Å². The predicted molar refractivity (Wildman–Crippen MR) is 88.8 cm³/mol. The number of carbonyl (C=O) groups is 1. The van der Waals surface area contributed by atoms with Gasteiger partial charge in [-0.3, -0.25) is 4.79 Å². The van der Waals surface area contributed by atoms with E-state index in [1.807, 2.05) is 0 Å². The van der Waals surface area contributed by atoms with Crippen molar-refractivity contribution in [2.24, 2.45) is 5.92 Å². The van der Waals surface area contributed by atoms with Gasteiger partial charge in [0.1, 0.15) is 0 Å². The van der Waals surface area contributed by atoms with Crippen molar-refractivity contribution in [1.82, 2.24) is 10.2 Å². The molecule has 0 bridgehead atoms. The quantitative estimate of drug-likeness (QED) is 0.821. The van der Waals surface area contributed by atoms with E-state index >= 15 is 0 Å². The first-order valence-corrected chi connectivity index (χ1v) is 8.19. The number of nitrogens with one attached hydrogen (secondary N) is 1. The lowest BCUT2D eigenvalue weighted by Crippen LogP contribution is -2.46. The third-order valence-electron chi connectivity index (χ3n) is 4.43. The predicted octanol–water partition coefficient (Wildman–Crippen LogP) is 2.53. The zero-order valence-corrected chi connectivity index (χ0v) is 14.0. The minimum absolute atomic E-state index is 0.188. The molecule has 1 heterocycles. The summed E-state index contributed by atoms with van der Waals surface area (Å²) in [6, 6.07) is 8.80. The van der Waals surface area contributed by atoms with E-state index in [-0.39, 0.29) is 11.9 Å². The van der Waals surface area contributed by atoms with Gasteiger partial charge in [-0.25, -0.2) is 0 Å². The molecule has 4 nitrogen and oxygen atoms in total. The molecule has 1 aliphatic heterocycles. The van der Waals surface area contributed by atoms with Crippen LogP contribution in [0.4, 0.5) is 0 Å². The van der Waals surface area contributed by atoms with E-state index in [0.29, 0.717) is 25.6 Å². The minimum atomic E-state index is 0.188. The van der Waals surface area contributed by atoms with Gasteiger partial charge in [0.2, 0.25) is 5.91 Å². The smallest absolute Gasteiger partial charge is 0.237 e. The fourth-order valence-corrected chi connectivity index (χ4v) is 3.21. The topological polar surface area (TPSA) is 41.6 Å². The fourth-order valence-electron chi connectivity index (χ4n) is 3.21. The molecule has 1 N–H and O–H groups in total. The molecule has 122 valence electrons. The number of rotatable bonds is 6. The second kappa shape index (κ2) is 8.30. The summed E-state index contributed by atoms with van der Waals surface area (Å²) in [4.78, 5) is 14.6. The van der Waals surface area contributed by atoms with E-state index in [0.717, 1.165) is 13.0 Å². The summed E-state index contributed by atoms with van der Waals surface area (Å²) in [6.07, 6.45) is 2.27. The van der Waals surface area contributed by atoms with Crippen molar-refractivity contribution in [3.8, 4) is 0 Å². The molecule has 1 aromatic rings. The Morgan fingerprint density at radius 2 is 2.09 bits per heavy atom. The lowest BCUT2D eigenvalue weighted by Gasteiger charge is -2.40. The number of likely N-dealkylation sites (tertiary alicyclic amines) is 1. The van der Waals surface area contributed by atoms with E-state index in [4.69, 9.17) is 4.74 Å². The summed E-state index contributed by atoms with van der Waals surface area (Å²) < 4.78 is 5.00. The zero-order chi connectivity index (χ0) is 15.9. The van der Waals surface area contributed by atoms with Gasteiger partial charge in [0.15, 0.2) is 0 Å². The number of amides is 1. The van der Waals surface area contributed by atoms with Crippen molar-refractivity contribution in [1.29, 1.82) is 0 Å². The first kappa shape index (κ1) is 17.0. The third-order valence-corrected chi connectivity index (χ3v) is 4.43. The van der Waals surface area contributed by atoms with Crippen LogP contribution in [-0.4, -0.2) is 44.2 Å². The fraction of sp³-hybridized carbons (Fsp3) is 0.611. The van der Waals surface area contributed by atoms with Gasteiger partial charge in [0.05, 0.1) is 19.2 Å². The molecule has 0 spiro atoms. The number of piperidine rings is 1. The summed E-state index contributed by atoms with van der Waals surface area (Å²) >= 11 is 0. The van der Waals surface area contributed by atoms with E-state index in [2.05, 4.69) is 48.3 Å². The first-order valence-electron chi connectivity index (χ1n) is 8.19. The van der Waals surface area contributed by atoms with Crippen molar-refractivity contribution in [2.45, 2.75) is 32.7 Å². The molecule has 4 heteroatoms. The number of ether oxygens (including phenoxy) is 1. The van der Waals surface area contributed by atoms with Crippen LogP contribution in [-0.2, 0) is 9.53 Å². The summed E-state index contributed by atoms with van der Waals surface area (Å²) in [5, 5.41) is 3.16. The molecule has 22 heavy (non-hydrogen) atoms. The Morgan fingerprint density at radius 3 is 2.77 bits per heavy atom. The number of carbonyl (C=O) groups excluding carboxylic acids is 1. The maximum atomic E-state index is 12.6. The molecule has 1 fully saturated rings. The largest absolute Gasteiger partial charge is 0.383 e. The molecule has 0 aliphatic carbocycles. The van der Waals surface area contributed by atoms with Gasteiger partial charge in [0.25, 0.3) is 0 Å². The second-order valence-corrected chi connectivity index (χ2v) is 6.23. The molecular weight excluding hydrogens is 276 g/mol. The highest BCUT2D eigenvalue weighted by molar-refractivity contribution is 5.79. The molecule has 0 radical (unpaired) electrons. The Kier molecular flexibility index (Phi) is 6.40. The average molecular weight is 304 g/mol. The van der Waals surface area contributed by atoms with Gasteiger partial charge in [-0.2, -0.15) is 0 Å². The Morgan fingerprint density at radius 1 is 1.36 bits per heavy atom. The molecule has 2 atom stereocenters. The van der Waals surface area contributed by atoms with Gasteiger partial charge >= 0.3 is 0 Å². The Labute approximate surface area is 133 Å². The van der Waals surface area contributed by atoms with Crippen molar-refractivity contribution in [3.05, 3.63) is 35.4 Å². The van der Waals surface area contributed by atoms with E-state index in [9.17, 15) is 4.79 Å².